The summed E-state index contributed by atoms with van der Waals surface area (Å²) < 4.78 is 2.09. The van der Waals surface area contributed by atoms with E-state index in [1.54, 1.807) is 11.3 Å². The smallest absolute Gasteiger partial charge is 0.138 e. The lowest BCUT2D eigenvalue weighted by atomic mass is 10.1. The molecular weight excluding hydrogens is 342 g/mol. The number of fused-ring (bicyclic) bond motifs is 1. The van der Waals surface area contributed by atoms with Gasteiger partial charge in [0.2, 0.25) is 0 Å². The Morgan fingerprint density at radius 2 is 2.04 bits per heavy atom. The Labute approximate surface area is 156 Å². The van der Waals surface area contributed by atoms with Gasteiger partial charge in [-0.25, -0.2) is 15.0 Å². The molecule has 0 atom stereocenters. The number of nitrogens with one attached hydrogen (secondary N) is 1. The van der Waals surface area contributed by atoms with Gasteiger partial charge in [-0.05, 0) is 25.0 Å². The summed E-state index contributed by atoms with van der Waals surface area (Å²) >= 11 is 1.72. The lowest BCUT2D eigenvalue weighted by Gasteiger charge is -2.09. The molecule has 0 saturated carbocycles. The van der Waals surface area contributed by atoms with Gasteiger partial charge in [0.1, 0.15) is 16.5 Å². The van der Waals surface area contributed by atoms with Crippen molar-refractivity contribution in [3.8, 4) is 0 Å². The van der Waals surface area contributed by atoms with Gasteiger partial charge in [-0.15, -0.1) is 11.3 Å². The third-order valence-corrected chi connectivity index (χ3v) is 5.16. The molecule has 5 nitrogen and oxygen atoms in total. The van der Waals surface area contributed by atoms with Gasteiger partial charge in [-0.2, -0.15) is 0 Å². The van der Waals surface area contributed by atoms with Crippen molar-refractivity contribution in [1.29, 1.82) is 0 Å². The molecule has 0 unspecified atom stereocenters. The van der Waals surface area contributed by atoms with Crippen LogP contribution in [0.25, 0.3) is 10.2 Å². The number of rotatable bonds is 7. The summed E-state index contributed by atoms with van der Waals surface area (Å²) in [7, 11) is 0. The largest absolute Gasteiger partial charge is 0.369 e. The van der Waals surface area contributed by atoms with Crippen molar-refractivity contribution in [1.82, 2.24) is 19.5 Å². The summed E-state index contributed by atoms with van der Waals surface area (Å²) in [5, 5.41) is 4.63. The number of hydrogen-bond donors (Lipinski definition) is 1. The molecule has 0 fully saturated rings. The average molecular weight is 363 g/mol. The number of hydrogen-bond acceptors (Lipinski definition) is 5. The van der Waals surface area contributed by atoms with Crippen molar-refractivity contribution in [2.24, 2.45) is 0 Å². The van der Waals surface area contributed by atoms with Crippen LogP contribution in [0.1, 0.15) is 22.7 Å². The van der Waals surface area contributed by atoms with Gasteiger partial charge in [0.05, 0.1) is 11.7 Å². The third-order valence-electron chi connectivity index (χ3n) is 4.21. The van der Waals surface area contributed by atoms with E-state index in [2.05, 4.69) is 52.1 Å². The molecule has 0 aliphatic carbocycles. The van der Waals surface area contributed by atoms with Crippen LogP contribution in [0, 0.1) is 6.92 Å². The highest BCUT2D eigenvalue weighted by molar-refractivity contribution is 7.18. The fourth-order valence-electron chi connectivity index (χ4n) is 2.97. The zero-order valence-corrected chi connectivity index (χ0v) is 15.5. The second kappa shape index (κ2) is 7.66. The monoisotopic (exact) mass is 363 g/mol. The first kappa shape index (κ1) is 16.7. The van der Waals surface area contributed by atoms with Gasteiger partial charge >= 0.3 is 0 Å². The molecule has 0 spiro atoms. The number of aryl methyl sites for hydroxylation is 2. The molecule has 0 amide bonds. The Hall–Kier alpha value is -2.73. The van der Waals surface area contributed by atoms with Gasteiger partial charge in [0, 0.05) is 36.8 Å². The maximum Gasteiger partial charge on any atom is 0.138 e. The lowest BCUT2D eigenvalue weighted by molar-refractivity contribution is 0.660. The lowest BCUT2D eigenvalue weighted by Crippen LogP contribution is -2.09. The highest BCUT2D eigenvalue weighted by atomic mass is 32.1. The molecular formula is C20H21N5S. The van der Waals surface area contributed by atoms with Crippen molar-refractivity contribution in [3.05, 3.63) is 71.4 Å². The number of anilines is 1. The zero-order chi connectivity index (χ0) is 17.8. The molecule has 4 rings (SSSR count). The number of aromatic nitrogens is 4. The van der Waals surface area contributed by atoms with Gasteiger partial charge in [-0.3, -0.25) is 0 Å². The second-order valence-electron chi connectivity index (χ2n) is 6.31. The van der Waals surface area contributed by atoms with Crippen LogP contribution in [0.3, 0.4) is 0 Å². The zero-order valence-electron chi connectivity index (χ0n) is 14.7. The SMILES string of the molecule is Cc1cc2c(NCCCn3ccnc3)nc(Cc3ccccc3)nc2s1. The van der Waals surface area contributed by atoms with E-state index in [9.17, 15) is 0 Å². The second-order valence-corrected chi connectivity index (χ2v) is 7.54. The Morgan fingerprint density at radius 1 is 1.15 bits per heavy atom. The number of benzene rings is 1. The number of nitrogens with zero attached hydrogens (tertiary/aromatic N) is 4. The molecule has 26 heavy (non-hydrogen) atoms. The summed E-state index contributed by atoms with van der Waals surface area (Å²) in [6.45, 7) is 3.93. The fourth-order valence-corrected chi connectivity index (χ4v) is 3.86. The maximum absolute atomic E-state index is 4.81. The topological polar surface area (TPSA) is 55.6 Å². The minimum atomic E-state index is 0.747. The van der Waals surface area contributed by atoms with Crippen molar-refractivity contribution >= 4 is 27.4 Å². The van der Waals surface area contributed by atoms with Crippen LogP contribution in [-0.2, 0) is 13.0 Å². The van der Waals surface area contributed by atoms with Crippen LogP contribution >= 0.6 is 11.3 Å². The maximum atomic E-state index is 4.81. The summed E-state index contributed by atoms with van der Waals surface area (Å²) in [5.41, 5.74) is 1.23. The number of thiophene rings is 1. The summed E-state index contributed by atoms with van der Waals surface area (Å²) in [6, 6.07) is 12.5. The first-order valence-electron chi connectivity index (χ1n) is 8.78. The van der Waals surface area contributed by atoms with Gasteiger partial charge in [0.25, 0.3) is 0 Å². The summed E-state index contributed by atoms with van der Waals surface area (Å²) in [6.07, 6.45) is 7.41. The van der Waals surface area contributed by atoms with E-state index in [4.69, 9.17) is 9.97 Å². The molecule has 0 saturated heterocycles. The van der Waals surface area contributed by atoms with E-state index in [0.717, 1.165) is 47.8 Å². The minimum Gasteiger partial charge on any atom is -0.369 e. The van der Waals surface area contributed by atoms with Gasteiger partial charge < -0.3 is 9.88 Å². The molecule has 0 bridgehead atoms. The molecule has 132 valence electrons. The van der Waals surface area contributed by atoms with Crippen LogP contribution in [0.2, 0.25) is 0 Å². The molecule has 3 heterocycles. The van der Waals surface area contributed by atoms with Gasteiger partial charge in [-0.1, -0.05) is 30.3 Å². The summed E-state index contributed by atoms with van der Waals surface area (Å²) in [5.74, 6) is 1.80. The van der Waals surface area contributed by atoms with E-state index in [1.165, 1.54) is 10.4 Å². The molecule has 0 radical (unpaired) electrons. The molecule has 4 aromatic rings. The number of imidazole rings is 1. The fraction of sp³-hybridized carbons (Fsp3) is 0.250. The highest BCUT2D eigenvalue weighted by Crippen LogP contribution is 2.29. The van der Waals surface area contributed by atoms with Crippen LogP contribution < -0.4 is 5.32 Å². The van der Waals surface area contributed by atoms with Gasteiger partial charge in [0.15, 0.2) is 0 Å². The quantitative estimate of drug-likeness (QED) is 0.498. The van der Waals surface area contributed by atoms with E-state index in [-0.39, 0.29) is 0 Å². The van der Waals surface area contributed by atoms with Crippen molar-refractivity contribution in [2.45, 2.75) is 26.3 Å². The molecule has 1 N–H and O–H groups in total. The van der Waals surface area contributed by atoms with Crippen molar-refractivity contribution in [2.75, 3.05) is 11.9 Å². The molecule has 0 aliphatic rings. The van der Waals surface area contributed by atoms with Crippen LogP contribution in [-0.4, -0.2) is 26.1 Å². The third kappa shape index (κ3) is 3.91. The first-order valence-corrected chi connectivity index (χ1v) is 9.60. The first-order chi connectivity index (χ1) is 12.8. The summed E-state index contributed by atoms with van der Waals surface area (Å²) in [4.78, 5) is 16.0. The van der Waals surface area contributed by atoms with Crippen molar-refractivity contribution in [3.63, 3.8) is 0 Å². The molecule has 1 aromatic carbocycles. The van der Waals surface area contributed by atoms with Crippen molar-refractivity contribution < 1.29 is 0 Å². The molecule has 6 heteroatoms. The Morgan fingerprint density at radius 3 is 2.85 bits per heavy atom. The van der Waals surface area contributed by atoms with Crippen LogP contribution in [0.4, 0.5) is 5.82 Å². The Kier molecular flexibility index (Phi) is 4.93. The van der Waals surface area contributed by atoms with E-state index >= 15 is 0 Å². The van der Waals surface area contributed by atoms with E-state index < -0.39 is 0 Å². The Balaban J connectivity index is 1.51. The van der Waals surface area contributed by atoms with Crippen LogP contribution in [0.15, 0.2) is 55.1 Å². The predicted molar refractivity (Wildman–Crippen MR) is 107 cm³/mol. The van der Waals surface area contributed by atoms with Crippen LogP contribution in [0.5, 0.6) is 0 Å². The standard InChI is InChI=1S/C20H21N5S/c1-15-12-17-19(22-8-5-10-25-11-9-21-14-25)23-18(24-20(17)26-15)13-16-6-3-2-4-7-16/h2-4,6-7,9,11-12,14H,5,8,10,13H2,1H3,(H,22,23,24). The minimum absolute atomic E-state index is 0.747. The normalized spacial score (nSPS) is 11.1. The van der Waals surface area contributed by atoms with E-state index in [1.807, 2.05) is 24.8 Å². The Bertz CT molecular complexity index is 976. The molecule has 3 aromatic heterocycles. The molecule has 0 aliphatic heterocycles. The van der Waals surface area contributed by atoms with E-state index in [0.29, 0.717) is 0 Å². The average Bonchev–Trinajstić information content (AvgIpc) is 3.28. The highest BCUT2D eigenvalue weighted by Gasteiger charge is 2.11. The predicted octanol–water partition coefficient (Wildman–Crippen LogP) is 4.29.